The van der Waals surface area contributed by atoms with Crippen LogP contribution in [0.15, 0.2) is 0 Å². The van der Waals surface area contributed by atoms with Crippen LogP contribution in [0.25, 0.3) is 0 Å². The van der Waals surface area contributed by atoms with Gasteiger partial charge in [0.05, 0.1) is 19.0 Å². The standard InChI is InChI=1S/C9H18O2P/c1-3-11-9(8-10)12(2)6-4-5-7-12/h8-9H,3-7H2,1-2H3/q+1. The van der Waals surface area contributed by atoms with Crippen LogP contribution in [0.3, 0.4) is 0 Å². The molecule has 0 N–H and O–H groups in total. The van der Waals surface area contributed by atoms with Crippen molar-refractivity contribution in [2.45, 2.75) is 25.6 Å². The molecule has 1 heterocycles. The van der Waals surface area contributed by atoms with E-state index in [1.807, 2.05) is 6.92 Å². The van der Waals surface area contributed by atoms with E-state index in [0.717, 1.165) is 6.29 Å². The molecule has 1 unspecified atom stereocenters. The summed E-state index contributed by atoms with van der Waals surface area (Å²) in [5.74, 6) is -0.0648. The molecule has 2 nitrogen and oxygen atoms in total. The zero-order valence-corrected chi connectivity index (χ0v) is 8.85. The highest BCUT2D eigenvalue weighted by Crippen LogP contribution is 2.64. The van der Waals surface area contributed by atoms with E-state index in [1.54, 1.807) is 0 Å². The highest BCUT2D eigenvalue weighted by Gasteiger charge is 2.44. The van der Waals surface area contributed by atoms with Crippen molar-refractivity contribution in [3.8, 4) is 0 Å². The molecule has 0 amide bonds. The van der Waals surface area contributed by atoms with Crippen LogP contribution in [0.2, 0.25) is 0 Å². The summed E-state index contributed by atoms with van der Waals surface area (Å²) in [7, 11) is -1.04. The first kappa shape index (κ1) is 10.1. The molecule has 1 atom stereocenters. The zero-order valence-electron chi connectivity index (χ0n) is 7.95. The molecule has 1 aliphatic heterocycles. The summed E-state index contributed by atoms with van der Waals surface area (Å²) in [6, 6.07) is 0. The summed E-state index contributed by atoms with van der Waals surface area (Å²) in [5.41, 5.74) is 0. The fourth-order valence-electron chi connectivity index (χ4n) is 1.85. The zero-order chi connectivity index (χ0) is 9.03. The van der Waals surface area contributed by atoms with E-state index >= 15 is 0 Å². The van der Waals surface area contributed by atoms with Gasteiger partial charge in [-0.15, -0.1) is 0 Å². The second-order valence-corrected chi connectivity index (χ2v) is 7.98. The van der Waals surface area contributed by atoms with E-state index in [1.165, 1.54) is 25.2 Å². The van der Waals surface area contributed by atoms with Gasteiger partial charge in [0.2, 0.25) is 5.85 Å². The first-order valence-electron chi connectivity index (χ1n) is 4.64. The minimum absolute atomic E-state index is 0.0648. The van der Waals surface area contributed by atoms with Gasteiger partial charge in [0.15, 0.2) is 6.29 Å². The fraction of sp³-hybridized carbons (Fsp3) is 0.889. The van der Waals surface area contributed by atoms with Crippen molar-refractivity contribution in [1.82, 2.24) is 0 Å². The largest absolute Gasteiger partial charge is 0.338 e. The Kier molecular flexibility index (Phi) is 3.67. The maximum atomic E-state index is 10.8. The number of ether oxygens (including phenoxy) is 1. The smallest absolute Gasteiger partial charge is 0.222 e. The summed E-state index contributed by atoms with van der Waals surface area (Å²) in [6.07, 6.45) is 6.10. The molecule has 0 saturated carbocycles. The Morgan fingerprint density at radius 1 is 1.50 bits per heavy atom. The molecular weight excluding hydrogens is 171 g/mol. The molecule has 0 bridgehead atoms. The Morgan fingerprint density at radius 3 is 2.50 bits per heavy atom. The van der Waals surface area contributed by atoms with Gasteiger partial charge in [0, 0.05) is 13.9 Å². The third-order valence-electron chi connectivity index (χ3n) is 2.66. The molecule has 0 aromatic heterocycles. The minimum Gasteiger partial charge on any atom is -0.338 e. The molecule has 1 rings (SSSR count). The fourth-order valence-corrected chi connectivity index (χ4v) is 5.28. The number of aldehydes is 1. The Labute approximate surface area is 75.0 Å². The van der Waals surface area contributed by atoms with Gasteiger partial charge in [-0.25, -0.2) is 0 Å². The molecule has 0 aromatic rings. The monoisotopic (exact) mass is 189 g/mol. The van der Waals surface area contributed by atoms with E-state index in [2.05, 4.69) is 6.66 Å². The van der Waals surface area contributed by atoms with Crippen LogP contribution < -0.4 is 0 Å². The van der Waals surface area contributed by atoms with E-state index in [4.69, 9.17) is 4.74 Å². The summed E-state index contributed by atoms with van der Waals surface area (Å²) < 4.78 is 5.46. The Morgan fingerprint density at radius 2 is 2.08 bits per heavy atom. The highest BCUT2D eigenvalue weighted by molar-refractivity contribution is 7.76. The summed E-state index contributed by atoms with van der Waals surface area (Å²) in [4.78, 5) is 10.8. The summed E-state index contributed by atoms with van der Waals surface area (Å²) >= 11 is 0. The molecule has 1 fully saturated rings. The molecule has 1 aliphatic rings. The van der Waals surface area contributed by atoms with Gasteiger partial charge in [0.25, 0.3) is 0 Å². The van der Waals surface area contributed by atoms with Gasteiger partial charge >= 0.3 is 0 Å². The maximum Gasteiger partial charge on any atom is 0.222 e. The van der Waals surface area contributed by atoms with Crippen LogP contribution in [0.1, 0.15) is 19.8 Å². The molecule has 0 aromatic carbocycles. The predicted octanol–water partition coefficient (Wildman–Crippen LogP) is 1.99. The van der Waals surface area contributed by atoms with Crippen molar-refractivity contribution in [2.24, 2.45) is 0 Å². The van der Waals surface area contributed by atoms with Crippen LogP contribution in [0.5, 0.6) is 0 Å². The number of rotatable bonds is 4. The minimum atomic E-state index is -1.04. The van der Waals surface area contributed by atoms with Crippen molar-refractivity contribution in [2.75, 3.05) is 25.6 Å². The normalized spacial score (nSPS) is 23.8. The third-order valence-corrected chi connectivity index (χ3v) is 6.83. The number of hydrogen-bond acceptors (Lipinski definition) is 2. The molecule has 70 valence electrons. The third kappa shape index (κ3) is 2.05. The lowest BCUT2D eigenvalue weighted by molar-refractivity contribution is -0.113. The van der Waals surface area contributed by atoms with Gasteiger partial charge in [-0.3, -0.25) is 4.79 Å². The van der Waals surface area contributed by atoms with Crippen LogP contribution >= 0.6 is 7.26 Å². The Bertz CT molecular complexity index is 153. The van der Waals surface area contributed by atoms with E-state index in [0.29, 0.717) is 6.61 Å². The maximum absolute atomic E-state index is 10.8. The van der Waals surface area contributed by atoms with Gasteiger partial charge in [-0.2, -0.15) is 0 Å². The molecule has 0 aliphatic carbocycles. The lowest BCUT2D eigenvalue weighted by Crippen LogP contribution is -2.20. The number of carbonyl (C=O) groups excluding carboxylic acids is 1. The van der Waals surface area contributed by atoms with Crippen molar-refractivity contribution < 1.29 is 9.53 Å². The lowest BCUT2D eigenvalue weighted by atomic mass is 10.4. The average Bonchev–Trinajstić information content (AvgIpc) is 2.49. The predicted molar refractivity (Wildman–Crippen MR) is 53.3 cm³/mol. The van der Waals surface area contributed by atoms with Crippen LogP contribution in [-0.2, 0) is 9.53 Å². The number of carbonyl (C=O) groups is 1. The van der Waals surface area contributed by atoms with Crippen molar-refractivity contribution >= 4 is 13.5 Å². The van der Waals surface area contributed by atoms with Gasteiger partial charge in [-0.1, -0.05) is 0 Å². The Balaban J connectivity index is 2.56. The number of hydrogen-bond donors (Lipinski definition) is 0. The van der Waals surface area contributed by atoms with E-state index in [-0.39, 0.29) is 5.85 Å². The first-order chi connectivity index (χ1) is 5.73. The Hall–Kier alpha value is 0.0600. The topological polar surface area (TPSA) is 26.3 Å². The second kappa shape index (κ2) is 4.34. The quantitative estimate of drug-likeness (QED) is 0.499. The van der Waals surface area contributed by atoms with Crippen molar-refractivity contribution in [1.29, 1.82) is 0 Å². The van der Waals surface area contributed by atoms with Gasteiger partial charge in [0.1, 0.15) is 0 Å². The molecule has 1 saturated heterocycles. The average molecular weight is 189 g/mol. The van der Waals surface area contributed by atoms with Crippen LogP contribution in [0, 0.1) is 0 Å². The van der Waals surface area contributed by atoms with Crippen LogP contribution in [-0.4, -0.2) is 37.7 Å². The van der Waals surface area contributed by atoms with E-state index in [9.17, 15) is 4.79 Å². The van der Waals surface area contributed by atoms with Crippen molar-refractivity contribution in [3.05, 3.63) is 0 Å². The molecular formula is C9H18O2P+. The summed E-state index contributed by atoms with van der Waals surface area (Å²) in [5, 5.41) is 0. The molecule has 3 heteroatoms. The van der Waals surface area contributed by atoms with Gasteiger partial charge < -0.3 is 4.74 Å². The summed E-state index contributed by atoms with van der Waals surface area (Å²) in [6.45, 7) is 4.90. The second-order valence-electron chi connectivity index (χ2n) is 3.62. The van der Waals surface area contributed by atoms with Crippen LogP contribution in [0.4, 0.5) is 0 Å². The van der Waals surface area contributed by atoms with E-state index < -0.39 is 7.26 Å². The van der Waals surface area contributed by atoms with Gasteiger partial charge in [-0.05, 0) is 19.8 Å². The van der Waals surface area contributed by atoms with Crippen molar-refractivity contribution in [3.63, 3.8) is 0 Å². The molecule has 0 radical (unpaired) electrons. The highest BCUT2D eigenvalue weighted by atomic mass is 31.2. The lowest BCUT2D eigenvalue weighted by Gasteiger charge is -2.22. The SMILES string of the molecule is CCOC(C=O)[P+]1(C)CCCC1. The molecule has 12 heavy (non-hydrogen) atoms. The molecule has 0 spiro atoms. The first-order valence-corrected chi connectivity index (χ1v) is 7.31.